The molecule has 2 heteroatoms. The molecule has 0 aromatic carbocycles. The number of nitrogens with one attached hydrogen (secondary N) is 2. The summed E-state index contributed by atoms with van der Waals surface area (Å²) in [6.45, 7) is 7.88. The Labute approximate surface area is 74.4 Å². The molecule has 2 nitrogen and oxygen atoms in total. The molecule has 1 heterocycles. The van der Waals surface area contributed by atoms with Crippen molar-refractivity contribution in [3.63, 3.8) is 0 Å². The van der Waals surface area contributed by atoms with Gasteiger partial charge in [-0.15, -0.1) is 0 Å². The maximum Gasteiger partial charge on any atom is 0.0183 e. The van der Waals surface area contributed by atoms with Crippen LogP contribution in [0.1, 0.15) is 26.7 Å². The summed E-state index contributed by atoms with van der Waals surface area (Å²) in [6.07, 6.45) is 2.71. The third-order valence-corrected chi connectivity index (χ3v) is 3.06. The molecular weight excluding hydrogens is 148 g/mol. The zero-order chi connectivity index (χ0) is 8.60. The predicted molar refractivity (Wildman–Crippen MR) is 51.2 cm³/mol. The molecule has 2 N–H and O–H groups in total. The van der Waals surface area contributed by atoms with E-state index in [9.17, 15) is 0 Å². The van der Waals surface area contributed by atoms with Crippen LogP contribution in [0.2, 0.25) is 0 Å². The molecule has 1 aliphatic heterocycles. The van der Waals surface area contributed by atoms with E-state index < -0.39 is 0 Å². The van der Waals surface area contributed by atoms with Crippen molar-refractivity contribution in [1.82, 2.24) is 10.6 Å². The lowest BCUT2D eigenvalue weighted by Crippen LogP contribution is -2.37. The van der Waals surface area contributed by atoms with E-state index in [0.717, 1.165) is 19.6 Å². The van der Waals surface area contributed by atoms with Crippen molar-refractivity contribution < 1.29 is 0 Å². The van der Waals surface area contributed by atoms with Crippen molar-refractivity contribution in [1.29, 1.82) is 0 Å². The van der Waals surface area contributed by atoms with Crippen molar-refractivity contribution in [3.05, 3.63) is 11.1 Å². The Morgan fingerprint density at radius 1 is 1.50 bits per heavy atom. The Morgan fingerprint density at radius 3 is 2.58 bits per heavy atom. The minimum Gasteiger partial charge on any atom is -0.309 e. The molecule has 0 amide bonds. The molecule has 0 aromatic rings. The second-order valence-corrected chi connectivity index (χ2v) is 4.40. The van der Waals surface area contributed by atoms with Gasteiger partial charge in [-0.3, -0.25) is 0 Å². The van der Waals surface area contributed by atoms with Gasteiger partial charge >= 0.3 is 0 Å². The lowest BCUT2D eigenvalue weighted by Gasteiger charge is -2.23. The summed E-state index contributed by atoms with van der Waals surface area (Å²) >= 11 is 0. The van der Waals surface area contributed by atoms with Gasteiger partial charge in [0.2, 0.25) is 0 Å². The van der Waals surface area contributed by atoms with Crippen LogP contribution < -0.4 is 10.6 Å². The molecule has 1 saturated carbocycles. The van der Waals surface area contributed by atoms with E-state index in [0.29, 0.717) is 5.54 Å². The Balaban J connectivity index is 1.78. The number of hydrogen-bond donors (Lipinski definition) is 2. The topological polar surface area (TPSA) is 24.1 Å². The van der Waals surface area contributed by atoms with Gasteiger partial charge in [-0.05, 0) is 32.3 Å². The van der Waals surface area contributed by atoms with E-state index in [4.69, 9.17) is 0 Å². The van der Waals surface area contributed by atoms with Gasteiger partial charge in [0, 0.05) is 25.2 Å². The highest BCUT2D eigenvalue weighted by molar-refractivity contribution is 5.22. The van der Waals surface area contributed by atoms with E-state index in [-0.39, 0.29) is 0 Å². The SMILES string of the molecule is CC(CNC1(C)CC1)=C1CNC1. The molecule has 1 aliphatic carbocycles. The van der Waals surface area contributed by atoms with Crippen molar-refractivity contribution in [2.24, 2.45) is 0 Å². The van der Waals surface area contributed by atoms with E-state index in [2.05, 4.69) is 24.5 Å². The van der Waals surface area contributed by atoms with Crippen LogP contribution in [0.15, 0.2) is 11.1 Å². The van der Waals surface area contributed by atoms with Gasteiger partial charge in [0.05, 0.1) is 0 Å². The first-order chi connectivity index (χ1) is 5.70. The maximum atomic E-state index is 3.60. The molecule has 0 radical (unpaired) electrons. The second kappa shape index (κ2) is 2.86. The smallest absolute Gasteiger partial charge is 0.0183 e. The highest BCUT2D eigenvalue weighted by Gasteiger charge is 2.36. The van der Waals surface area contributed by atoms with E-state index in [1.807, 2.05) is 0 Å². The molecule has 0 aromatic heterocycles. The molecule has 1 saturated heterocycles. The first-order valence-corrected chi connectivity index (χ1v) is 4.83. The fourth-order valence-corrected chi connectivity index (χ4v) is 1.39. The quantitative estimate of drug-likeness (QED) is 0.612. The van der Waals surface area contributed by atoms with Gasteiger partial charge in [-0.1, -0.05) is 5.57 Å². The fourth-order valence-electron chi connectivity index (χ4n) is 1.39. The van der Waals surface area contributed by atoms with Crippen LogP contribution in [-0.4, -0.2) is 25.2 Å². The predicted octanol–water partition coefficient (Wildman–Crippen LogP) is 1.05. The number of rotatable bonds is 3. The third kappa shape index (κ3) is 1.70. The maximum absolute atomic E-state index is 3.60. The number of hydrogen-bond acceptors (Lipinski definition) is 2. The lowest BCUT2D eigenvalue weighted by atomic mass is 10.0. The minimum absolute atomic E-state index is 0.485. The summed E-state index contributed by atoms with van der Waals surface area (Å²) in [5.74, 6) is 0. The summed E-state index contributed by atoms with van der Waals surface area (Å²) in [5.41, 5.74) is 3.63. The first-order valence-electron chi connectivity index (χ1n) is 4.83. The van der Waals surface area contributed by atoms with Crippen LogP contribution in [0.25, 0.3) is 0 Å². The highest BCUT2D eigenvalue weighted by Crippen LogP contribution is 2.34. The van der Waals surface area contributed by atoms with Crippen molar-refractivity contribution in [2.75, 3.05) is 19.6 Å². The molecule has 2 rings (SSSR count). The van der Waals surface area contributed by atoms with Crippen molar-refractivity contribution in [3.8, 4) is 0 Å². The molecule has 0 unspecified atom stereocenters. The summed E-state index contributed by atoms with van der Waals surface area (Å²) in [7, 11) is 0. The first kappa shape index (κ1) is 8.27. The van der Waals surface area contributed by atoms with Crippen LogP contribution in [0.5, 0.6) is 0 Å². The minimum atomic E-state index is 0.485. The van der Waals surface area contributed by atoms with E-state index in [1.54, 1.807) is 11.1 Å². The Hall–Kier alpha value is -0.340. The van der Waals surface area contributed by atoms with E-state index >= 15 is 0 Å². The second-order valence-electron chi connectivity index (χ2n) is 4.40. The summed E-state index contributed by atoms with van der Waals surface area (Å²) in [6, 6.07) is 0. The van der Waals surface area contributed by atoms with Gasteiger partial charge in [0.15, 0.2) is 0 Å². The van der Waals surface area contributed by atoms with Gasteiger partial charge in [-0.2, -0.15) is 0 Å². The molecule has 0 bridgehead atoms. The zero-order valence-electron chi connectivity index (χ0n) is 8.04. The molecule has 0 atom stereocenters. The average molecular weight is 166 g/mol. The van der Waals surface area contributed by atoms with Crippen LogP contribution in [-0.2, 0) is 0 Å². The summed E-state index contributed by atoms with van der Waals surface area (Å²) < 4.78 is 0. The van der Waals surface area contributed by atoms with E-state index in [1.165, 1.54) is 12.8 Å². The van der Waals surface area contributed by atoms with Crippen molar-refractivity contribution >= 4 is 0 Å². The molecule has 2 aliphatic rings. The lowest BCUT2D eigenvalue weighted by molar-refractivity contribution is 0.557. The van der Waals surface area contributed by atoms with Gasteiger partial charge < -0.3 is 10.6 Å². The summed E-state index contributed by atoms with van der Waals surface area (Å²) in [4.78, 5) is 0. The largest absolute Gasteiger partial charge is 0.309 e. The molecule has 2 fully saturated rings. The molecule has 68 valence electrons. The van der Waals surface area contributed by atoms with Crippen LogP contribution >= 0.6 is 0 Å². The zero-order valence-corrected chi connectivity index (χ0v) is 8.04. The fraction of sp³-hybridized carbons (Fsp3) is 0.800. The van der Waals surface area contributed by atoms with Crippen LogP contribution in [0.4, 0.5) is 0 Å². The Bertz CT molecular complexity index is 208. The van der Waals surface area contributed by atoms with Crippen LogP contribution in [0.3, 0.4) is 0 Å². The van der Waals surface area contributed by atoms with Gasteiger partial charge in [-0.25, -0.2) is 0 Å². The Morgan fingerprint density at radius 2 is 2.17 bits per heavy atom. The monoisotopic (exact) mass is 166 g/mol. The highest BCUT2D eigenvalue weighted by atomic mass is 15.0. The summed E-state index contributed by atoms with van der Waals surface area (Å²) in [5, 5.41) is 6.87. The normalized spacial score (nSPS) is 25.0. The molecular formula is C10H18N2. The third-order valence-electron chi connectivity index (χ3n) is 3.06. The van der Waals surface area contributed by atoms with Gasteiger partial charge in [0.25, 0.3) is 0 Å². The van der Waals surface area contributed by atoms with Crippen molar-refractivity contribution in [2.45, 2.75) is 32.2 Å². The molecule has 0 spiro atoms. The van der Waals surface area contributed by atoms with Crippen LogP contribution in [0, 0.1) is 0 Å². The molecule has 12 heavy (non-hydrogen) atoms. The Kier molecular flexibility index (Phi) is 1.97. The standard InChI is InChI=1S/C10H18N2/c1-8(9-6-11-7-9)5-12-10(2)3-4-10/h11-12H,3-7H2,1-2H3. The average Bonchev–Trinajstić information content (AvgIpc) is 2.62. The van der Waals surface area contributed by atoms with Gasteiger partial charge in [0.1, 0.15) is 0 Å².